The molecule has 0 saturated heterocycles. The molecular weight excluding hydrogens is 586 g/mol. The SMILES string of the molecule is CC(=O)ON(CCc1cccc(CCCCOCCCCCCNC[C@@H](O)c2ccc(O)c(CO)c2)c1)C(=O)Nc1ccccc1. The van der Waals surface area contributed by atoms with E-state index in [0.29, 0.717) is 29.8 Å². The number of hydrogen-bond acceptors (Lipinski definition) is 8. The third kappa shape index (κ3) is 14.0. The molecule has 5 N–H and O–H groups in total. The number of nitrogens with one attached hydrogen (secondary N) is 2. The minimum absolute atomic E-state index is 0.0323. The van der Waals surface area contributed by atoms with Crippen molar-refractivity contribution in [2.45, 2.75) is 71.0 Å². The number of aryl methyl sites for hydroxylation is 1. The van der Waals surface area contributed by atoms with Crippen LogP contribution in [0.15, 0.2) is 72.8 Å². The molecule has 1 atom stereocenters. The first-order chi connectivity index (χ1) is 22.4. The summed E-state index contributed by atoms with van der Waals surface area (Å²) in [7, 11) is 0. The maximum absolute atomic E-state index is 12.7. The molecule has 2 amide bonds. The van der Waals surface area contributed by atoms with Crippen LogP contribution in [0.25, 0.3) is 0 Å². The predicted octanol–water partition coefficient (Wildman–Crippen LogP) is 5.66. The van der Waals surface area contributed by atoms with E-state index in [0.717, 1.165) is 75.3 Å². The number of phenols is 1. The highest BCUT2D eigenvalue weighted by atomic mass is 16.7. The third-order valence-corrected chi connectivity index (χ3v) is 7.48. The van der Waals surface area contributed by atoms with Gasteiger partial charge in [-0.3, -0.25) is 4.79 Å². The number of aromatic hydroxyl groups is 1. The smallest absolute Gasteiger partial charge is 0.355 e. The number of para-hydroxylation sites is 1. The van der Waals surface area contributed by atoms with Crippen molar-refractivity contribution in [3.8, 4) is 5.75 Å². The monoisotopic (exact) mass is 635 g/mol. The number of aliphatic hydroxyl groups is 2. The van der Waals surface area contributed by atoms with E-state index < -0.39 is 18.1 Å². The Morgan fingerprint density at radius 3 is 2.30 bits per heavy atom. The molecule has 250 valence electrons. The van der Waals surface area contributed by atoms with Crippen molar-refractivity contribution < 1.29 is 34.5 Å². The van der Waals surface area contributed by atoms with Crippen LogP contribution in [0.5, 0.6) is 5.75 Å². The molecule has 0 aliphatic carbocycles. The Kier molecular flexibility index (Phi) is 16.6. The van der Waals surface area contributed by atoms with E-state index in [1.54, 1.807) is 24.3 Å². The Bertz CT molecular complexity index is 1320. The van der Waals surface area contributed by atoms with Gasteiger partial charge in [-0.15, -0.1) is 0 Å². The third-order valence-electron chi connectivity index (χ3n) is 7.48. The van der Waals surface area contributed by atoms with Gasteiger partial charge in [-0.05, 0) is 86.0 Å². The van der Waals surface area contributed by atoms with E-state index in [-0.39, 0.29) is 18.9 Å². The van der Waals surface area contributed by atoms with Gasteiger partial charge < -0.3 is 35.5 Å². The van der Waals surface area contributed by atoms with Crippen LogP contribution in [0.4, 0.5) is 10.5 Å². The molecule has 10 nitrogen and oxygen atoms in total. The van der Waals surface area contributed by atoms with Crippen LogP contribution in [0.2, 0.25) is 0 Å². The zero-order chi connectivity index (χ0) is 33.0. The molecule has 0 radical (unpaired) electrons. The van der Waals surface area contributed by atoms with Crippen molar-refractivity contribution in [2.24, 2.45) is 0 Å². The lowest BCUT2D eigenvalue weighted by Crippen LogP contribution is -2.37. The summed E-state index contributed by atoms with van der Waals surface area (Å²) in [6.07, 6.45) is 7.04. The molecule has 0 bridgehead atoms. The fourth-order valence-electron chi connectivity index (χ4n) is 4.96. The van der Waals surface area contributed by atoms with Gasteiger partial charge in [0.05, 0.1) is 19.3 Å². The fourth-order valence-corrected chi connectivity index (χ4v) is 4.96. The molecule has 3 aromatic carbocycles. The average molecular weight is 636 g/mol. The highest BCUT2D eigenvalue weighted by Gasteiger charge is 2.17. The quantitative estimate of drug-likeness (QED) is 0.0791. The maximum Gasteiger partial charge on any atom is 0.355 e. The molecule has 0 aromatic heterocycles. The number of aliphatic hydroxyl groups excluding tert-OH is 2. The number of hydroxylamine groups is 2. The van der Waals surface area contributed by atoms with E-state index in [9.17, 15) is 24.9 Å². The number of nitrogens with zero attached hydrogens (tertiary/aromatic N) is 1. The molecule has 0 aliphatic rings. The van der Waals surface area contributed by atoms with Crippen LogP contribution in [0.1, 0.15) is 73.8 Å². The molecule has 46 heavy (non-hydrogen) atoms. The van der Waals surface area contributed by atoms with Crippen molar-refractivity contribution in [1.29, 1.82) is 0 Å². The van der Waals surface area contributed by atoms with Crippen LogP contribution in [0, 0.1) is 0 Å². The summed E-state index contributed by atoms with van der Waals surface area (Å²) in [6, 6.07) is 21.6. The van der Waals surface area contributed by atoms with Crippen LogP contribution in [-0.4, -0.2) is 65.2 Å². The second-order valence-corrected chi connectivity index (χ2v) is 11.3. The van der Waals surface area contributed by atoms with Gasteiger partial charge >= 0.3 is 12.0 Å². The van der Waals surface area contributed by atoms with Gasteiger partial charge in [0.25, 0.3) is 0 Å². The Morgan fingerprint density at radius 1 is 0.848 bits per heavy atom. The van der Waals surface area contributed by atoms with Gasteiger partial charge in [0.15, 0.2) is 0 Å². The molecule has 0 aliphatic heterocycles. The maximum atomic E-state index is 12.7. The van der Waals surface area contributed by atoms with Crippen molar-refractivity contribution in [2.75, 3.05) is 38.2 Å². The highest BCUT2D eigenvalue weighted by molar-refractivity contribution is 5.89. The summed E-state index contributed by atoms with van der Waals surface area (Å²) in [4.78, 5) is 29.4. The number of benzene rings is 3. The zero-order valence-corrected chi connectivity index (χ0v) is 26.8. The lowest BCUT2D eigenvalue weighted by Gasteiger charge is -2.21. The van der Waals surface area contributed by atoms with Gasteiger partial charge in [-0.1, -0.05) is 61.4 Å². The Balaban J connectivity index is 1.21. The van der Waals surface area contributed by atoms with Crippen LogP contribution in [-0.2, 0) is 33.8 Å². The largest absolute Gasteiger partial charge is 0.508 e. The van der Waals surface area contributed by atoms with Crippen LogP contribution in [0.3, 0.4) is 0 Å². The second kappa shape index (κ2) is 21.0. The Morgan fingerprint density at radius 2 is 1.57 bits per heavy atom. The van der Waals surface area contributed by atoms with Gasteiger partial charge in [0, 0.05) is 37.9 Å². The highest BCUT2D eigenvalue weighted by Crippen LogP contribution is 2.22. The minimum atomic E-state index is -0.687. The number of carbonyl (C=O) groups excluding carboxylic acids is 2. The van der Waals surface area contributed by atoms with Gasteiger partial charge in [-0.25, -0.2) is 4.79 Å². The second-order valence-electron chi connectivity index (χ2n) is 11.3. The number of carbonyl (C=O) groups is 2. The molecular formula is C36H49N3O7. The summed E-state index contributed by atoms with van der Waals surface area (Å²) < 4.78 is 5.82. The molecule has 0 saturated carbocycles. The number of hydrogen-bond donors (Lipinski definition) is 5. The molecule has 3 aromatic rings. The van der Waals surface area contributed by atoms with Crippen LogP contribution < -0.4 is 10.6 Å². The summed E-state index contributed by atoms with van der Waals surface area (Å²) in [5.74, 6) is -0.517. The molecule has 10 heteroatoms. The summed E-state index contributed by atoms with van der Waals surface area (Å²) in [6.45, 7) is 3.99. The summed E-state index contributed by atoms with van der Waals surface area (Å²) in [5.41, 5.74) is 4.01. The molecule has 3 rings (SSSR count). The van der Waals surface area contributed by atoms with E-state index in [1.807, 2.05) is 30.3 Å². The number of amides is 2. The number of rotatable bonds is 20. The standard InChI is InChI=1S/C36H49N3O7/c1-28(41)46-39(36(44)38-33-15-5-4-6-16-33)21-19-30-14-11-13-29(24-30)12-7-10-23-45-22-9-3-2-8-20-37-26-35(43)31-17-18-34(42)32(25-31)27-40/h4-6,11,13-18,24-25,35,37,40,42-43H,2-3,7-10,12,19-23,26-27H2,1H3,(H,38,44)/t35-/m1/s1. The minimum Gasteiger partial charge on any atom is -0.508 e. The topological polar surface area (TPSA) is 141 Å². The molecule has 0 heterocycles. The normalized spacial score (nSPS) is 11.6. The van der Waals surface area contributed by atoms with Gasteiger partial charge in [0.1, 0.15) is 5.75 Å². The van der Waals surface area contributed by atoms with E-state index in [4.69, 9.17) is 9.57 Å². The Labute approximate surface area is 272 Å². The fraction of sp³-hybridized carbons (Fsp3) is 0.444. The summed E-state index contributed by atoms with van der Waals surface area (Å²) >= 11 is 0. The molecule has 0 spiro atoms. The first-order valence-electron chi connectivity index (χ1n) is 16.1. The Hall–Kier alpha value is -3.96. The molecule has 0 fully saturated rings. The lowest BCUT2D eigenvalue weighted by molar-refractivity contribution is -0.172. The van der Waals surface area contributed by atoms with E-state index >= 15 is 0 Å². The first kappa shape index (κ1) is 36.5. The van der Waals surface area contributed by atoms with Crippen LogP contribution >= 0.6 is 0 Å². The number of unbranched alkanes of at least 4 members (excludes halogenated alkanes) is 4. The summed E-state index contributed by atoms with van der Waals surface area (Å²) in [5, 5.41) is 36.3. The van der Waals surface area contributed by atoms with Gasteiger partial charge in [0.2, 0.25) is 0 Å². The van der Waals surface area contributed by atoms with E-state index in [1.165, 1.54) is 18.6 Å². The number of urea groups is 1. The van der Waals surface area contributed by atoms with Crippen molar-refractivity contribution >= 4 is 17.7 Å². The predicted molar refractivity (Wildman–Crippen MR) is 178 cm³/mol. The zero-order valence-electron chi connectivity index (χ0n) is 26.8. The number of ether oxygens (including phenoxy) is 1. The van der Waals surface area contributed by atoms with E-state index in [2.05, 4.69) is 22.8 Å². The van der Waals surface area contributed by atoms with Crippen molar-refractivity contribution in [3.63, 3.8) is 0 Å². The van der Waals surface area contributed by atoms with Gasteiger partial charge in [-0.2, -0.15) is 5.06 Å². The van der Waals surface area contributed by atoms with Crippen molar-refractivity contribution in [3.05, 3.63) is 95.1 Å². The lowest BCUT2D eigenvalue weighted by atomic mass is 10.0. The first-order valence-corrected chi connectivity index (χ1v) is 16.1. The average Bonchev–Trinajstić information content (AvgIpc) is 3.05. The number of anilines is 1. The molecule has 0 unspecified atom stereocenters. The van der Waals surface area contributed by atoms with Crippen molar-refractivity contribution in [1.82, 2.24) is 10.4 Å².